The van der Waals surface area contributed by atoms with Crippen molar-refractivity contribution in [1.29, 1.82) is 0 Å². The highest BCUT2D eigenvalue weighted by Crippen LogP contribution is 2.15. The van der Waals surface area contributed by atoms with Crippen LogP contribution in [0.3, 0.4) is 0 Å². The summed E-state index contributed by atoms with van der Waals surface area (Å²) in [5, 5.41) is 7.34. The molecule has 0 aliphatic heterocycles. The Morgan fingerprint density at radius 2 is 2.22 bits per heavy atom. The number of aromatic nitrogens is 3. The molecule has 1 N–H and O–H groups in total. The lowest BCUT2D eigenvalue weighted by Gasteiger charge is -2.07. The Morgan fingerprint density at radius 3 is 2.94 bits per heavy atom. The van der Waals surface area contributed by atoms with Gasteiger partial charge in [-0.2, -0.15) is 5.10 Å². The molecule has 0 saturated carbocycles. The first-order chi connectivity index (χ1) is 8.69. The van der Waals surface area contributed by atoms with E-state index in [4.69, 9.17) is 0 Å². The molecule has 4 nitrogen and oxygen atoms in total. The van der Waals surface area contributed by atoms with Gasteiger partial charge in [0.15, 0.2) is 0 Å². The van der Waals surface area contributed by atoms with Crippen molar-refractivity contribution in [3.63, 3.8) is 0 Å². The molecule has 1 aromatic carbocycles. The Kier molecular flexibility index (Phi) is 4.43. The van der Waals surface area contributed by atoms with Crippen molar-refractivity contribution in [2.75, 3.05) is 6.54 Å². The fourth-order valence-corrected chi connectivity index (χ4v) is 2.18. The van der Waals surface area contributed by atoms with Gasteiger partial charge in [-0.05, 0) is 30.3 Å². The van der Waals surface area contributed by atoms with Crippen LogP contribution in [0.2, 0.25) is 0 Å². The number of nitrogens with zero attached hydrogens (tertiary/aromatic N) is 3. The van der Waals surface area contributed by atoms with Gasteiger partial charge in [0, 0.05) is 4.47 Å². The van der Waals surface area contributed by atoms with Gasteiger partial charge in [-0.3, -0.25) is 0 Å². The van der Waals surface area contributed by atoms with E-state index in [-0.39, 0.29) is 5.82 Å². The van der Waals surface area contributed by atoms with E-state index in [2.05, 4.69) is 31.3 Å². The Labute approximate surface area is 113 Å². The molecule has 96 valence electrons. The summed E-state index contributed by atoms with van der Waals surface area (Å²) in [6.07, 6.45) is 1.51. The zero-order valence-electron chi connectivity index (χ0n) is 10.0. The van der Waals surface area contributed by atoms with Gasteiger partial charge in [-0.1, -0.05) is 22.9 Å². The third-order valence-electron chi connectivity index (χ3n) is 2.48. The number of hydrogen-bond donors (Lipinski definition) is 1. The number of nitrogens with one attached hydrogen (secondary N) is 1. The third kappa shape index (κ3) is 3.36. The monoisotopic (exact) mass is 312 g/mol. The van der Waals surface area contributed by atoms with E-state index in [1.54, 1.807) is 4.68 Å². The van der Waals surface area contributed by atoms with Gasteiger partial charge in [0.25, 0.3) is 0 Å². The summed E-state index contributed by atoms with van der Waals surface area (Å²) < 4.78 is 15.8. The molecule has 0 fully saturated rings. The maximum atomic E-state index is 13.3. The third-order valence-corrected chi connectivity index (χ3v) is 2.94. The van der Waals surface area contributed by atoms with Crippen molar-refractivity contribution in [2.45, 2.75) is 20.0 Å². The molecular formula is C12H14BrFN4. The predicted octanol–water partition coefficient (Wildman–Crippen LogP) is 2.34. The lowest BCUT2D eigenvalue weighted by Crippen LogP contribution is -2.17. The molecular weight excluding hydrogens is 299 g/mol. The molecule has 18 heavy (non-hydrogen) atoms. The minimum absolute atomic E-state index is 0.257. The molecule has 0 aliphatic carbocycles. The van der Waals surface area contributed by atoms with Crippen LogP contribution in [0.15, 0.2) is 29.0 Å². The molecule has 2 aromatic rings. The molecule has 0 unspecified atom stereocenters. The highest BCUT2D eigenvalue weighted by Gasteiger charge is 2.06. The molecule has 0 amide bonds. The van der Waals surface area contributed by atoms with Crippen molar-refractivity contribution in [3.05, 3.63) is 46.2 Å². The molecule has 1 heterocycles. The van der Waals surface area contributed by atoms with Crippen LogP contribution in [-0.2, 0) is 13.1 Å². The van der Waals surface area contributed by atoms with Crippen molar-refractivity contribution in [3.8, 4) is 0 Å². The number of benzene rings is 1. The van der Waals surface area contributed by atoms with Crippen LogP contribution in [0.25, 0.3) is 0 Å². The topological polar surface area (TPSA) is 42.7 Å². The Balaban J connectivity index is 2.15. The Morgan fingerprint density at radius 1 is 1.39 bits per heavy atom. The van der Waals surface area contributed by atoms with E-state index in [1.165, 1.54) is 18.5 Å². The fraction of sp³-hybridized carbons (Fsp3) is 0.333. The first-order valence-corrected chi connectivity index (χ1v) is 6.50. The molecule has 0 saturated heterocycles. The summed E-state index contributed by atoms with van der Waals surface area (Å²) in [5.41, 5.74) is 0.852. The lowest BCUT2D eigenvalue weighted by molar-refractivity contribution is 0.588. The number of hydrogen-bond acceptors (Lipinski definition) is 3. The van der Waals surface area contributed by atoms with Crippen LogP contribution >= 0.6 is 15.9 Å². The van der Waals surface area contributed by atoms with Crippen LogP contribution in [0.1, 0.15) is 18.3 Å². The molecule has 0 spiro atoms. The molecule has 2 rings (SSSR count). The lowest BCUT2D eigenvalue weighted by atomic mass is 10.2. The van der Waals surface area contributed by atoms with Crippen LogP contribution in [-0.4, -0.2) is 21.3 Å². The zero-order valence-corrected chi connectivity index (χ0v) is 11.6. The second-order valence-electron chi connectivity index (χ2n) is 3.89. The molecule has 1 aromatic heterocycles. The summed E-state index contributed by atoms with van der Waals surface area (Å²) in [6, 6.07) is 4.82. The highest BCUT2D eigenvalue weighted by atomic mass is 79.9. The Hall–Kier alpha value is -1.27. The van der Waals surface area contributed by atoms with Gasteiger partial charge in [-0.25, -0.2) is 14.1 Å². The molecule has 0 atom stereocenters. The van der Waals surface area contributed by atoms with Gasteiger partial charge < -0.3 is 5.32 Å². The highest BCUT2D eigenvalue weighted by molar-refractivity contribution is 9.10. The Bertz CT molecular complexity index is 506. The number of halogens is 2. The van der Waals surface area contributed by atoms with Gasteiger partial charge in [0.2, 0.25) is 0 Å². The van der Waals surface area contributed by atoms with E-state index in [1.807, 2.05) is 13.0 Å². The number of rotatable bonds is 5. The average Bonchev–Trinajstić information content (AvgIpc) is 2.72. The smallest absolute Gasteiger partial charge is 0.141 e. The summed E-state index contributed by atoms with van der Waals surface area (Å²) >= 11 is 3.28. The van der Waals surface area contributed by atoms with Crippen LogP contribution in [0.5, 0.6) is 0 Å². The average molecular weight is 313 g/mol. The van der Waals surface area contributed by atoms with E-state index < -0.39 is 0 Å². The van der Waals surface area contributed by atoms with Crippen molar-refractivity contribution >= 4 is 15.9 Å². The standard InChI is InChI=1S/C12H14BrFN4/c1-2-15-6-12-16-8-17-18(12)7-9-3-10(13)5-11(14)4-9/h3-5,8,15H,2,6-7H2,1H3. The normalized spacial score (nSPS) is 10.8. The predicted molar refractivity (Wildman–Crippen MR) is 70.6 cm³/mol. The van der Waals surface area contributed by atoms with Crippen LogP contribution < -0.4 is 5.32 Å². The van der Waals surface area contributed by atoms with E-state index in [0.717, 1.165) is 22.4 Å². The van der Waals surface area contributed by atoms with Crippen LogP contribution in [0.4, 0.5) is 4.39 Å². The fourth-order valence-electron chi connectivity index (χ4n) is 1.67. The maximum Gasteiger partial charge on any atom is 0.141 e. The quantitative estimate of drug-likeness (QED) is 0.921. The summed E-state index contributed by atoms with van der Waals surface area (Å²) in [5.74, 6) is 0.588. The zero-order chi connectivity index (χ0) is 13.0. The first kappa shape index (κ1) is 13.2. The van der Waals surface area contributed by atoms with Gasteiger partial charge in [0.1, 0.15) is 18.0 Å². The van der Waals surface area contributed by atoms with E-state index in [0.29, 0.717) is 13.1 Å². The van der Waals surface area contributed by atoms with Crippen molar-refractivity contribution in [2.24, 2.45) is 0 Å². The molecule has 6 heteroatoms. The first-order valence-electron chi connectivity index (χ1n) is 5.71. The summed E-state index contributed by atoms with van der Waals surface area (Å²) in [7, 11) is 0. The summed E-state index contributed by atoms with van der Waals surface area (Å²) in [4.78, 5) is 4.18. The van der Waals surface area contributed by atoms with Gasteiger partial charge in [0.05, 0.1) is 13.1 Å². The van der Waals surface area contributed by atoms with Gasteiger partial charge in [-0.15, -0.1) is 0 Å². The SMILES string of the molecule is CCNCc1ncnn1Cc1cc(F)cc(Br)c1. The second kappa shape index (κ2) is 6.06. The molecule has 0 radical (unpaired) electrons. The second-order valence-corrected chi connectivity index (χ2v) is 4.81. The minimum atomic E-state index is -0.257. The van der Waals surface area contributed by atoms with Crippen molar-refractivity contribution in [1.82, 2.24) is 20.1 Å². The largest absolute Gasteiger partial charge is 0.310 e. The molecule has 0 aliphatic rings. The minimum Gasteiger partial charge on any atom is -0.310 e. The van der Waals surface area contributed by atoms with E-state index >= 15 is 0 Å². The van der Waals surface area contributed by atoms with Crippen LogP contribution in [0, 0.1) is 5.82 Å². The van der Waals surface area contributed by atoms with Gasteiger partial charge >= 0.3 is 0 Å². The summed E-state index contributed by atoms with van der Waals surface area (Å²) in [6.45, 7) is 4.08. The molecule has 0 bridgehead atoms. The van der Waals surface area contributed by atoms with E-state index in [9.17, 15) is 4.39 Å². The van der Waals surface area contributed by atoms with Crippen molar-refractivity contribution < 1.29 is 4.39 Å². The maximum absolute atomic E-state index is 13.3.